The van der Waals surface area contributed by atoms with Crippen molar-refractivity contribution in [1.29, 1.82) is 0 Å². The fraction of sp³-hybridized carbons (Fsp3) is 0.700. The summed E-state index contributed by atoms with van der Waals surface area (Å²) in [5, 5.41) is 0. The van der Waals surface area contributed by atoms with Gasteiger partial charge in [-0.05, 0) is 24.3 Å². The molecule has 4 heteroatoms. The molecule has 1 aromatic rings. The lowest BCUT2D eigenvalue weighted by molar-refractivity contribution is 0.0223. The van der Waals surface area contributed by atoms with Gasteiger partial charge in [0.05, 0.1) is 4.08 Å². The first-order valence-electron chi connectivity index (χ1n) is 9.58. The molecule has 4 aliphatic rings. The van der Waals surface area contributed by atoms with Crippen molar-refractivity contribution in [3.8, 4) is 0 Å². The summed E-state index contributed by atoms with van der Waals surface area (Å²) in [6.07, 6.45) is 2.97. The topological polar surface area (TPSA) is 6.48 Å². The highest BCUT2D eigenvalue weighted by Gasteiger charge is 2.56. The number of piperidine rings is 2. The highest BCUT2D eigenvalue weighted by Crippen LogP contribution is 2.58. The van der Waals surface area contributed by atoms with Crippen LogP contribution < -0.4 is 0 Å². The summed E-state index contributed by atoms with van der Waals surface area (Å²) >= 11 is 4.62. The molecular weight excluding hydrogens is 332 g/mol. The highest BCUT2D eigenvalue weighted by molar-refractivity contribution is 8.21. The van der Waals surface area contributed by atoms with Gasteiger partial charge in [-0.15, -0.1) is 23.5 Å². The second-order valence-corrected chi connectivity index (χ2v) is 11.2. The van der Waals surface area contributed by atoms with Gasteiger partial charge in [-0.3, -0.25) is 4.90 Å². The summed E-state index contributed by atoms with van der Waals surface area (Å²) in [7, 11) is 0. The van der Waals surface area contributed by atoms with Crippen LogP contribution in [0.5, 0.6) is 0 Å². The van der Waals surface area contributed by atoms with E-state index in [-0.39, 0.29) is 0 Å². The van der Waals surface area contributed by atoms with Crippen LogP contribution in [0.1, 0.15) is 18.4 Å². The van der Waals surface area contributed by atoms with E-state index >= 15 is 0 Å². The van der Waals surface area contributed by atoms with Crippen molar-refractivity contribution in [2.24, 2.45) is 17.8 Å². The monoisotopic (exact) mass is 360 g/mol. The van der Waals surface area contributed by atoms with Crippen molar-refractivity contribution in [2.45, 2.75) is 23.5 Å². The van der Waals surface area contributed by atoms with Crippen LogP contribution in [-0.2, 0) is 6.54 Å². The lowest BCUT2D eigenvalue weighted by Gasteiger charge is -2.56. The van der Waals surface area contributed by atoms with Gasteiger partial charge >= 0.3 is 0 Å². The van der Waals surface area contributed by atoms with Crippen LogP contribution in [-0.4, -0.2) is 58.1 Å². The number of hydrogen-bond acceptors (Lipinski definition) is 4. The molecule has 0 N–H and O–H groups in total. The van der Waals surface area contributed by atoms with Crippen molar-refractivity contribution < 1.29 is 0 Å². The van der Waals surface area contributed by atoms with Gasteiger partial charge < -0.3 is 4.90 Å². The zero-order valence-electron chi connectivity index (χ0n) is 14.4. The summed E-state index contributed by atoms with van der Waals surface area (Å²) < 4.78 is 0.549. The van der Waals surface area contributed by atoms with Gasteiger partial charge in [0, 0.05) is 62.6 Å². The van der Waals surface area contributed by atoms with E-state index in [1.165, 1.54) is 62.6 Å². The molecule has 1 spiro atoms. The Morgan fingerprint density at radius 3 is 2.12 bits per heavy atom. The Bertz CT molecular complexity index is 550. The minimum absolute atomic E-state index is 0.549. The Morgan fingerprint density at radius 1 is 0.875 bits per heavy atom. The fourth-order valence-corrected chi connectivity index (χ4v) is 8.73. The molecule has 3 saturated heterocycles. The molecular formula is C20H28N2S2. The van der Waals surface area contributed by atoms with E-state index in [0.717, 1.165) is 24.3 Å². The third-order valence-corrected chi connectivity index (χ3v) is 10.3. The van der Waals surface area contributed by atoms with Crippen LogP contribution in [0.3, 0.4) is 0 Å². The predicted octanol–water partition coefficient (Wildman–Crippen LogP) is 3.64. The molecule has 2 bridgehead atoms. The van der Waals surface area contributed by atoms with E-state index in [2.05, 4.69) is 63.7 Å². The average Bonchev–Trinajstić information content (AvgIpc) is 3.26. The molecule has 0 amide bonds. The van der Waals surface area contributed by atoms with Gasteiger partial charge in [-0.25, -0.2) is 0 Å². The predicted molar refractivity (Wildman–Crippen MR) is 106 cm³/mol. The Balaban J connectivity index is 1.32. The largest absolute Gasteiger partial charge is 0.302 e. The Hall–Kier alpha value is -0.160. The number of nitrogens with zero attached hydrogens (tertiary/aromatic N) is 2. The van der Waals surface area contributed by atoms with Crippen LogP contribution in [0.25, 0.3) is 0 Å². The summed E-state index contributed by atoms with van der Waals surface area (Å²) in [4.78, 5) is 5.58. The van der Waals surface area contributed by atoms with E-state index in [1.807, 2.05) is 0 Å². The van der Waals surface area contributed by atoms with Crippen molar-refractivity contribution in [3.05, 3.63) is 35.9 Å². The molecule has 0 radical (unpaired) electrons. The Kier molecular flexibility index (Phi) is 4.37. The number of likely N-dealkylation sites (tertiary alicyclic amines) is 2. The van der Waals surface area contributed by atoms with E-state index in [4.69, 9.17) is 0 Å². The number of rotatable bonds is 4. The molecule has 2 atom stereocenters. The van der Waals surface area contributed by atoms with Gasteiger partial charge in [-0.1, -0.05) is 30.3 Å². The van der Waals surface area contributed by atoms with Gasteiger partial charge in [0.2, 0.25) is 0 Å². The minimum Gasteiger partial charge on any atom is -0.302 e. The van der Waals surface area contributed by atoms with Gasteiger partial charge in [0.25, 0.3) is 0 Å². The second kappa shape index (κ2) is 6.53. The maximum Gasteiger partial charge on any atom is 0.0716 e. The smallest absolute Gasteiger partial charge is 0.0716 e. The zero-order valence-corrected chi connectivity index (χ0v) is 16.0. The van der Waals surface area contributed by atoms with E-state index < -0.39 is 0 Å². The molecule has 1 aromatic carbocycles. The number of benzene rings is 1. The Morgan fingerprint density at radius 2 is 1.50 bits per heavy atom. The first-order chi connectivity index (χ1) is 11.8. The van der Waals surface area contributed by atoms with Gasteiger partial charge in [0.1, 0.15) is 0 Å². The minimum atomic E-state index is 0.549. The average molecular weight is 361 g/mol. The van der Waals surface area contributed by atoms with E-state index in [1.54, 1.807) is 0 Å². The van der Waals surface area contributed by atoms with Crippen LogP contribution in [0.15, 0.2) is 30.3 Å². The zero-order chi connectivity index (χ0) is 16.0. The summed E-state index contributed by atoms with van der Waals surface area (Å²) in [6.45, 7) is 7.81. The second-order valence-electron chi connectivity index (χ2n) is 8.15. The molecule has 24 heavy (non-hydrogen) atoms. The standard InChI is InChI=1S/C20H28N2S2/c1-2-4-16(5-3-1)10-21-12-18-14-22(11-17-6-7-17)15-19(13-21)20(18)23-8-9-24-20/h1-5,17-19H,6-15H2/t18-,19+. The van der Waals surface area contributed by atoms with Gasteiger partial charge in [0.15, 0.2) is 0 Å². The lowest BCUT2D eigenvalue weighted by atomic mass is 9.82. The molecule has 3 aliphatic heterocycles. The van der Waals surface area contributed by atoms with E-state index in [9.17, 15) is 0 Å². The molecule has 0 unspecified atom stereocenters. The maximum absolute atomic E-state index is 2.83. The third-order valence-electron chi connectivity index (χ3n) is 6.25. The van der Waals surface area contributed by atoms with Crippen LogP contribution in [0.4, 0.5) is 0 Å². The molecule has 4 fully saturated rings. The van der Waals surface area contributed by atoms with Crippen LogP contribution >= 0.6 is 23.5 Å². The number of hydrogen-bond donors (Lipinski definition) is 0. The van der Waals surface area contributed by atoms with Gasteiger partial charge in [-0.2, -0.15) is 0 Å². The summed E-state index contributed by atoms with van der Waals surface area (Å²) in [5.41, 5.74) is 1.48. The molecule has 0 aromatic heterocycles. The molecule has 2 nitrogen and oxygen atoms in total. The molecule has 3 heterocycles. The quantitative estimate of drug-likeness (QED) is 0.808. The van der Waals surface area contributed by atoms with Crippen LogP contribution in [0.2, 0.25) is 0 Å². The molecule has 1 saturated carbocycles. The SMILES string of the molecule is c1ccc(CN2C[C@@H]3CN(CC4CC4)C[C@H](C2)C32SCCS2)cc1. The van der Waals surface area contributed by atoms with Crippen molar-refractivity contribution in [3.63, 3.8) is 0 Å². The molecule has 130 valence electrons. The van der Waals surface area contributed by atoms with E-state index in [0.29, 0.717) is 4.08 Å². The van der Waals surface area contributed by atoms with Crippen molar-refractivity contribution >= 4 is 23.5 Å². The summed E-state index contributed by atoms with van der Waals surface area (Å²) in [6, 6.07) is 11.1. The maximum atomic E-state index is 2.83. The Labute approximate surface area is 154 Å². The summed E-state index contributed by atoms with van der Waals surface area (Å²) in [5.74, 6) is 5.48. The van der Waals surface area contributed by atoms with Crippen LogP contribution in [0, 0.1) is 17.8 Å². The lowest BCUT2D eigenvalue weighted by Crippen LogP contribution is -2.63. The normalized spacial score (nSPS) is 33.2. The molecule has 5 rings (SSSR count). The fourth-order valence-electron chi connectivity index (χ4n) is 5.05. The third kappa shape index (κ3) is 3.04. The molecule has 1 aliphatic carbocycles. The first kappa shape index (κ1) is 16.0. The number of thioether (sulfide) groups is 2. The highest BCUT2D eigenvalue weighted by atomic mass is 32.2. The first-order valence-corrected chi connectivity index (χ1v) is 11.6. The van der Waals surface area contributed by atoms with Crippen molar-refractivity contribution in [1.82, 2.24) is 9.80 Å². The van der Waals surface area contributed by atoms with Crippen molar-refractivity contribution in [2.75, 3.05) is 44.2 Å².